The molecule has 0 unspecified atom stereocenters. The van der Waals surface area contributed by atoms with E-state index in [2.05, 4.69) is 16.1 Å². The maximum Gasteiger partial charge on any atom is 0.354 e. The first kappa shape index (κ1) is 13.6. The molecule has 2 aromatic heterocycles. The molecule has 0 amide bonds. The molecule has 0 fully saturated rings. The van der Waals surface area contributed by atoms with Gasteiger partial charge in [-0.15, -0.1) is 11.8 Å². The molecular weight excluding hydrogens is 286 g/mol. The molecule has 0 radical (unpaired) electrons. The summed E-state index contributed by atoms with van der Waals surface area (Å²) in [5, 5.41) is 13.5. The molecule has 0 aliphatic rings. The molecule has 0 bridgehead atoms. The van der Waals surface area contributed by atoms with Crippen LogP contribution in [-0.2, 0) is 6.42 Å². The van der Waals surface area contributed by atoms with Crippen LogP contribution in [0.15, 0.2) is 47.4 Å². The van der Waals surface area contributed by atoms with Gasteiger partial charge in [0, 0.05) is 11.3 Å². The Balaban J connectivity index is 2.02. The highest BCUT2D eigenvalue weighted by atomic mass is 32.2. The van der Waals surface area contributed by atoms with Crippen molar-refractivity contribution in [3.05, 3.63) is 59.5 Å². The predicted octanol–water partition coefficient (Wildman–Crippen LogP) is 2.74. The highest BCUT2D eigenvalue weighted by Gasteiger charge is 2.13. The number of carboxylic acid groups (broad SMARTS) is 1. The molecule has 3 rings (SSSR count). The number of aromatic nitrogens is 3. The molecule has 0 saturated heterocycles. The van der Waals surface area contributed by atoms with Crippen LogP contribution in [0, 0.1) is 0 Å². The topological polar surface area (TPSA) is 67.5 Å². The molecule has 0 atom stereocenters. The summed E-state index contributed by atoms with van der Waals surface area (Å²) in [4.78, 5) is 16.8. The highest BCUT2D eigenvalue weighted by molar-refractivity contribution is 7.98. The van der Waals surface area contributed by atoms with E-state index >= 15 is 0 Å². The van der Waals surface area contributed by atoms with Crippen molar-refractivity contribution in [2.75, 3.05) is 6.26 Å². The average molecular weight is 299 g/mol. The summed E-state index contributed by atoms with van der Waals surface area (Å²) in [6.45, 7) is 0. The number of fused-ring (bicyclic) bond motifs is 1. The summed E-state index contributed by atoms with van der Waals surface area (Å²) in [7, 11) is 0. The van der Waals surface area contributed by atoms with E-state index in [0.29, 0.717) is 17.9 Å². The number of aromatic carboxylic acids is 1. The van der Waals surface area contributed by atoms with Crippen LogP contribution in [0.4, 0.5) is 0 Å². The number of hydrogen-bond donors (Lipinski definition) is 1. The molecule has 0 aliphatic carbocycles. The minimum atomic E-state index is -1.01. The average Bonchev–Trinajstić information content (AvgIpc) is 2.89. The van der Waals surface area contributed by atoms with E-state index in [4.69, 9.17) is 0 Å². The minimum Gasteiger partial charge on any atom is -0.477 e. The first-order chi connectivity index (χ1) is 10.2. The summed E-state index contributed by atoms with van der Waals surface area (Å²) >= 11 is 1.67. The molecule has 21 heavy (non-hydrogen) atoms. The number of carboxylic acids is 1. The van der Waals surface area contributed by atoms with Gasteiger partial charge >= 0.3 is 5.97 Å². The molecular formula is C15H13N3O2S. The molecule has 2 heterocycles. The molecule has 106 valence electrons. The highest BCUT2D eigenvalue weighted by Crippen LogP contribution is 2.22. The van der Waals surface area contributed by atoms with Crippen LogP contribution in [0.3, 0.4) is 0 Å². The molecule has 1 N–H and O–H groups in total. The Labute approximate surface area is 125 Å². The van der Waals surface area contributed by atoms with Crippen molar-refractivity contribution in [2.45, 2.75) is 11.3 Å². The van der Waals surface area contributed by atoms with Crippen molar-refractivity contribution < 1.29 is 9.90 Å². The smallest absolute Gasteiger partial charge is 0.354 e. The van der Waals surface area contributed by atoms with Crippen LogP contribution in [0.25, 0.3) is 5.65 Å². The zero-order valence-electron chi connectivity index (χ0n) is 11.4. The normalized spacial score (nSPS) is 10.9. The number of benzene rings is 1. The number of carbonyl (C=O) groups is 1. The van der Waals surface area contributed by atoms with Crippen LogP contribution < -0.4 is 0 Å². The Bertz CT molecular complexity index is 814. The lowest BCUT2D eigenvalue weighted by atomic mass is 10.1. The number of pyridine rings is 1. The third-order valence-corrected chi connectivity index (χ3v) is 4.00. The third kappa shape index (κ3) is 2.62. The lowest BCUT2D eigenvalue weighted by Crippen LogP contribution is -2.06. The van der Waals surface area contributed by atoms with E-state index in [-0.39, 0.29) is 5.69 Å². The van der Waals surface area contributed by atoms with Gasteiger partial charge in [-0.25, -0.2) is 14.3 Å². The van der Waals surface area contributed by atoms with Crippen LogP contribution in [0.5, 0.6) is 0 Å². The van der Waals surface area contributed by atoms with Gasteiger partial charge in [0.1, 0.15) is 0 Å². The Kier molecular flexibility index (Phi) is 3.62. The quantitative estimate of drug-likeness (QED) is 0.750. The van der Waals surface area contributed by atoms with Crippen LogP contribution in [0.2, 0.25) is 0 Å². The second kappa shape index (κ2) is 5.57. The number of thioether (sulfide) groups is 1. The van der Waals surface area contributed by atoms with E-state index in [9.17, 15) is 9.90 Å². The van der Waals surface area contributed by atoms with Crippen molar-refractivity contribution in [2.24, 2.45) is 0 Å². The number of rotatable bonds is 4. The fourth-order valence-corrected chi connectivity index (χ4v) is 2.82. The van der Waals surface area contributed by atoms with Gasteiger partial charge in [-0.3, -0.25) is 0 Å². The number of hydrogen-bond acceptors (Lipinski definition) is 4. The Morgan fingerprint density at radius 3 is 2.81 bits per heavy atom. The lowest BCUT2D eigenvalue weighted by molar-refractivity contribution is 0.0687. The lowest BCUT2D eigenvalue weighted by Gasteiger charge is -2.03. The van der Waals surface area contributed by atoms with Gasteiger partial charge in [-0.2, -0.15) is 5.10 Å². The van der Waals surface area contributed by atoms with E-state index in [1.165, 1.54) is 15.5 Å². The van der Waals surface area contributed by atoms with Gasteiger partial charge in [0.05, 0.1) is 0 Å². The summed E-state index contributed by atoms with van der Waals surface area (Å²) < 4.78 is 1.37. The Hall–Kier alpha value is -2.34. The van der Waals surface area contributed by atoms with E-state index in [0.717, 1.165) is 5.56 Å². The van der Waals surface area contributed by atoms with Gasteiger partial charge in [-0.05, 0) is 30.0 Å². The van der Waals surface area contributed by atoms with Gasteiger partial charge < -0.3 is 5.11 Å². The second-order valence-corrected chi connectivity index (χ2v) is 5.35. The van der Waals surface area contributed by atoms with Crippen molar-refractivity contribution in [1.82, 2.24) is 14.6 Å². The molecule has 0 saturated carbocycles. The zero-order valence-corrected chi connectivity index (χ0v) is 12.2. The maximum atomic E-state index is 11.2. The molecule has 3 aromatic rings. The van der Waals surface area contributed by atoms with Gasteiger partial charge in [0.25, 0.3) is 0 Å². The fraction of sp³-hybridized carbons (Fsp3) is 0.133. The summed E-state index contributed by atoms with van der Waals surface area (Å²) in [5.41, 5.74) is 1.80. The Morgan fingerprint density at radius 2 is 2.05 bits per heavy atom. The molecule has 0 aliphatic heterocycles. The third-order valence-electron chi connectivity index (χ3n) is 3.16. The molecule has 0 spiro atoms. The van der Waals surface area contributed by atoms with Crippen molar-refractivity contribution in [1.29, 1.82) is 0 Å². The SMILES string of the molecule is CSc1ccccc1Cc1nc2cccc(C(=O)O)n2n1. The first-order valence-corrected chi connectivity index (χ1v) is 7.61. The van der Waals surface area contributed by atoms with Crippen molar-refractivity contribution in [3.8, 4) is 0 Å². The minimum absolute atomic E-state index is 0.115. The molecule has 1 aromatic carbocycles. The zero-order chi connectivity index (χ0) is 14.8. The molecule has 5 nitrogen and oxygen atoms in total. The largest absolute Gasteiger partial charge is 0.477 e. The van der Waals surface area contributed by atoms with Gasteiger partial charge in [-0.1, -0.05) is 24.3 Å². The second-order valence-electron chi connectivity index (χ2n) is 4.50. The van der Waals surface area contributed by atoms with E-state index in [1.807, 2.05) is 24.5 Å². The number of nitrogens with zero attached hydrogens (tertiary/aromatic N) is 3. The van der Waals surface area contributed by atoms with Crippen LogP contribution >= 0.6 is 11.8 Å². The summed E-state index contributed by atoms with van der Waals surface area (Å²) in [5.74, 6) is -0.397. The monoisotopic (exact) mass is 299 g/mol. The van der Waals surface area contributed by atoms with Crippen molar-refractivity contribution in [3.63, 3.8) is 0 Å². The van der Waals surface area contributed by atoms with Gasteiger partial charge in [0.15, 0.2) is 17.2 Å². The summed E-state index contributed by atoms with van der Waals surface area (Å²) in [6.07, 6.45) is 2.61. The first-order valence-electron chi connectivity index (χ1n) is 6.39. The predicted molar refractivity (Wildman–Crippen MR) is 81.0 cm³/mol. The standard InChI is InChI=1S/C15H13N3O2S/c1-21-12-7-3-2-5-10(12)9-13-16-14-8-4-6-11(15(19)20)18(14)17-13/h2-8H,9H2,1H3,(H,19,20). The van der Waals surface area contributed by atoms with Crippen molar-refractivity contribution >= 4 is 23.4 Å². The maximum absolute atomic E-state index is 11.2. The summed E-state index contributed by atoms with van der Waals surface area (Å²) in [6, 6.07) is 13.0. The van der Waals surface area contributed by atoms with Crippen LogP contribution in [-0.4, -0.2) is 31.9 Å². The fourth-order valence-electron chi connectivity index (χ4n) is 2.21. The van der Waals surface area contributed by atoms with Gasteiger partial charge in [0.2, 0.25) is 0 Å². The Morgan fingerprint density at radius 1 is 1.24 bits per heavy atom. The van der Waals surface area contributed by atoms with E-state index < -0.39 is 5.97 Å². The molecule has 6 heteroatoms. The van der Waals surface area contributed by atoms with Crippen LogP contribution in [0.1, 0.15) is 21.9 Å². The van der Waals surface area contributed by atoms with E-state index in [1.54, 1.807) is 23.9 Å².